The van der Waals surface area contributed by atoms with Crippen LogP contribution in [0, 0.1) is 5.82 Å². The maximum absolute atomic E-state index is 13.5. The van der Waals surface area contributed by atoms with E-state index in [1.54, 1.807) is 24.3 Å². The van der Waals surface area contributed by atoms with Crippen molar-refractivity contribution in [2.75, 3.05) is 6.54 Å². The molecule has 0 bridgehead atoms. The highest BCUT2D eigenvalue weighted by atomic mass is 35.5. The molecule has 1 aliphatic rings. The lowest BCUT2D eigenvalue weighted by Gasteiger charge is -2.09. The Labute approximate surface area is 141 Å². The quantitative estimate of drug-likeness (QED) is 0.896. The predicted octanol–water partition coefficient (Wildman–Crippen LogP) is 3.39. The van der Waals surface area contributed by atoms with Gasteiger partial charge in [-0.05, 0) is 30.2 Å². The average Bonchev–Trinajstić information content (AvgIpc) is 3.18. The fraction of sp³-hybridized carbons (Fsp3) is 0.250. The van der Waals surface area contributed by atoms with E-state index in [0.717, 1.165) is 10.6 Å². The Balaban J connectivity index is 1.48. The van der Waals surface area contributed by atoms with Gasteiger partial charge in [0.05, 0.1) is 9.21 Å². The van der Waals surface area contributed by atoms with Crippen molar-refractivity contribution in [3.63, 3.8) is 0 Å². The summed E-state index contributed by atoms with van der Waals surface area (Å²) in [5.74, 6) is -0.512. The second-order valence-electron chi connectivity index (χ2n) is 5.07. The zero-order valence-electron chi connectivity index (χ0n) is 12.1. The molecule has 0 saturated carbocycles. The van der Waals surface area contributed by atoms with Crippen molar-refractivity contribution in [1.29, 1.82) is 0 Å². The van der Waals surface area contributed by atoms with E-state index < -0.39 is 6.10 Å². The number of rotatable bonds is 5. The molecular formula is C16H14ClFN2O2S. The minimum atomic E-state index is -0.647. The molecule has 0 radical (unpaired) electrons. The molecule has 4 nitrogen and oxygen atoms in total. The molecule has 0 saturated heterocycles. The van der Waals surface area contributed by atoms with Crippen molar-refractivity contribution in [2.45, 2.75) is 18.9 Å². The highest BCUT2D eigenvalue weighted by Crippen LogP contribution is 2.26. The molecule has 0 spiro atoms. The van der Waals surface area contributed by atoms with E-state index >= 15 is 0 Å². The lowest BCUT2D eigenvalue weighted by molar-refractivity contribution is -0.131. The van der Waals surface area contributed by atoms with Gasteiger partial charge in [0.15, 0.2) is 0 Å². The van der Waals surface area contributed by atoms with Crippen LogP contribution >= 0.6 is 22.9 Å². The van der Waals surface area contributed by atoms with Crippen LogP contribution in [0.3, 0.4) is 0 Å². The van der Waals surface area contributed by atoms with Crippen LogP contribution in [0.1, 0.15) is 16.9 Å². The molecular weight excluding hydrogens is 339 g/mol. The minimum Gasteiger partial charge on any atom is -0.382 e. The van der Waals surface area contributed by atoms with Crippen LogP contribution in [0.5, 0.6) is 0 Å². The molecule has 1 atom stereocenters. The highest BCUT2D eigenvalue weighted by Gasteiger charge is 2.29. The number of hydrogen-bond acceptors (Lipinski definition) is 4. The van der Waals surface area contributed by atoms with Crippen molar-refractivity contribution >= 4 is 34.6 Å². The summed E-state index contributed by atoms with van der Waals surface area (Å²) in [5.41, 5.74) is 1.29. The Hall–Kier alpha value is -1.92. The number of benzene rings is 1. The molecule has 120 valence electrons. The molecule has 3 rings (SSSR count). The van der Waals surface area contributed by atoms with Crippen LogP contribution in [0.15, 0.2) is 41.6 Å². The number of carbonyl (C=O) groups excluding carboxylic acids is 1. The monoisotopic (exact) mass is 352 g/mol. The fourth-order valence-electron chi connectivity index (χ4n) is 2.27. The molecule has 1 aliphatic heterocycles. The maximum atomic E-state index is 13.5. The number of amides is 1. The van der Waals surface area contributed by atoms with E-state index in [4.69, 9.17) is 16.4 Å². The number of carbonyl (C=O) groups is 1. The van der Waals surface area contributed by atoms with Gasteiger partial charge in [-0.3, -0.25) is 4.79 Å². The van der Waals surface area contributed by atoms with Crippen LogP contribution in [0.25, 0.3) is 0 Å². The van der Waals surface area contributed by atoms with Gasteiger partial charge in [-0.2, -0.15) is 0 Å². The van der Waals surface area contributed by atoms with E-state index in [2.05, 4.69) is 10.5 Å². The van der Waals surface area contributed by atoms with Crippen molar-refractivity contribution in [3.05, 3.63) is 57.0 Å². The minimum absolute atomic E-state index is 0.247. The Kier molecular flexibility index (Phi) is 4.93. The molecule has 0 aliphatic carbocycles. The van der Waals surface area contributed by atoms with Crippen molar-refractivity contribution < 1.29 is 14.0 Å². The van der Waals surface area contributed by atoms with Crippen molar-refractivity contribution in [1.82, 2.24) is 5.32 Å². The first-order chi connectivity index (χ1) is 11.1. The SMILES string of the molecule is O=C(NCCc1ccccc1F)C1CC(c2ccc(Cl)s2)=NO1. The Morgan fingerprint density at radius 1 is 1.39 bits per heavy atom. The third-order valence-electron chi connectivity index (χ3n) is 3.47. The van der Waals surface area contributed by atoms with Crippen LogP contribution < -0.4 is 5.32 Å². The Bertz CT molecular complexity index is 747. The largest absolute Gasteiger partial charge is 0.382 e. The summed E-state index contributed by atoms with van der Waals surface area (Å²) in [6.45, 7) is 0.347. The van der Waals surface area contributed by atoms with Crippen LogP contribution in [-0.2, 0) is 16.1 Å². The third-order valence-corrected chi connectivity index (χ3v) is 4.75. The van der Waals surface area contributed by atoms with E-state index in [1.807, 2.05) is 6.07 Å². The smallest absolute Gasteiger partial charge is 0.264 e. The van der Waals surface area contributed by atoms with E-state index in [0.29, 0.717) is 29.3 Å². The number of nitrogens with zero attached hydrogens (tertiary/aromatic N) is 1. The molecule has 2 heterocycles. The maximum Gasteiger partial charge on any atom is 0.264 e. The Morgan fingerprint density at radius 3 is 2.96 bits per heavy atom. The standard InChI is InChI=1S/C16H14ClFN2O2S/c17-15-6-5-14(23-15)12-9-13(22-20-12)16(21)19-8-7-10-3-1-2-4-11(10)18/h1-6,13H,7-9H2,(H,19,21). The molecule has 7 heteroatoms. The van der Waals surface area contributed by atoms with Gasteiger partial charge in [0.1, 0.15) is 11.5 Å². The molecule has 1 aromatic heterocycles. The average molecular weight is 353 g/mol. The van der Waals surface area contributed by atoms with Gasteiger partial charge in [-0.1, -0.05) is 35.0 Å². The van der Waals surface area contributed by atoms with Gasteiger partial charge in [0.25, 0.3) is 5.91 Å². The molecule has 0 fully saturated rings. The first-order valence-corrected chi connectivity index (χ1v) is 8.32. The summed E-state index contributed by atoms with van der Waals surface area (Å²) in [4.78, 5) is 18.2. The lowest BCUT2D eigenvalue weighted by Crippen LogP contribution is -2.36. The lowest BCUT2D eigenvalue weighted by atomic mass is 10.1. The highest BCUT2D eigenvalue weighted by molar-refractivity contribution is 7.18. The van der Waals surface area contributed by atoms with E-state index in [1.165, 1.54) is 17.4 Å². The zero-order valence-corrected chi connectivity index (χ0v) is 13.7. The van der Waals surface area contributed by atoms with Gasteiger partial charge in [0.2, 0.25) is 6.10 Å². The number of nitrogens with one attached hydrogen (secondary N) is 1. The van der Waals surface area contributed by atoms with Crippen LogP contribution in [0.4, 0.5) is 4.39 Å². The molecule has 2 aromatic rings. The third kappa shape index (κ3) is 3.89. The second kappa shape index (κ2) is 7.10. The van der Waals surface area contributed by atoms with Gasteiger partial charge in [0, 0.05) is 13.0 Å². The summed E-state index contributed by atoms with van der Waals surface area (Å²) in [6.07, 6.45) is 0.188. The van der Waals surface area contributed by atoms with Crippen molar-refractivity contribution in [2.24, 2.45) is 5.16 Å². The summed E-state index contributed by atoms with van der Waals surface area (Å²) in [6, 6.07) is 10.2. The molecule has 23 heavy (non-hydrogen) atoms. The first kappa shape index (κ1) is 16.0. The van der Waals surface area contributed by atoms with Gasteiger partial charge < -0.3 is 10.2 Å². The molecule has 1 amide bonds. The van der Waals surface area contributed by atoms with Crippen LogP contribution in [-0.4, -0.2) is 24.3 Å². The summed E-state index contributed by atoms with van der Waals surface area (Å²) in [7, 11) is 0. The van der Waals surface area contributed by atoms with Gasteiger partial charge >= 0.3 is 0 Å². The van der Waals surface area contributed by atoms with Gasteiger partial charge in [-0.25, -0.2) is 4.39 Å². The molecule has 1 aromatic carbocycles. The normalized spacial score (nSPS) is 16.8. The molecule has 1 N–H and O–H groups in total. The van der Waals surface area contributed by atoms with Crippen LogP contribution in [0.2, 0.25) is 4.34 Å². The summed E-state index contributed by atoms with van der Waals surface area (Å²) < 4.78 is 14.2. The Morgan fingerprint density at radius 2 is 2.22 bits per heavy atom. The number of halogens is 2. The second-order valence-corrected chi connectivity index (χ2v) is 6.79. The van der Waals surface area contributed by atoms with Crippen molar-refractivity contribution in [3.8, 4) is 0 Å². The summed E-state index contributed by atoms with van der Waals surface area (Å²) in [5, 5.41) is 6.70. The van der Waals surface area contributed by atoms with Gasteiger partial charge in [-0.15, -0.1) is 11.3 Å². The number of thiophene rings is 1. The topological polar surface area (TPSA) is 50.7 Å². The fourth-order valence-corrected chi connectivity index (χ4v) is 3.30. The zero-order chi connectivity index (χ0) is 16.2. The first-order valence-electron chi connectivity index (χ1n) is 7.13. The number of hydrogen-bond donors (Lipinski definition) is 1. The summed E-state index contributed by atoms with van der Waals surface area (Å²) >= 11 is 7.29. The van der Waals surface area contributed by atoms with E-state index in [9.17, 15) is 9.18 Å². The predicted molar refractivity (Wildman–Crippen MR) is 88.5 cm³/mol. The van der Waals surface area contributed by atoms with E-state index in [-0.39, 0.29) is 11.7 Å². The molecule has 1 unspecified atom stereocenters. The number of oxime groups is 1.